The second kappa shape index (κ2) is 10.1. The minimum absolute atomic E-state index is 0.0519. The smallest absolute Gasteiger partial charge is 0.0849 e. The van der Waals surface area contributed by atoms with Gasteiger partial charge in [-0.25, -0.2) is 0 Å². The van der Waals surface area contributed by atoms with Crippen LogP contribution in [0.1, 0.15) is 32.8 Å². The van der Waals surface area contributed by atoms with E-state index in [2.05, 4.69) is 17.0 Å². The van der Waals surface area contributed by atoms with Crippen LogP contribution in [0.25, 0.3) is 0 Å². The first-order valence-corrected chi connectivity index (χ1v) is 8.58. The number of aliphatic hydroxyl groups is 3. The number of benzene rings is 1. The summed E-state index contributed by atoms with van der Waals surface area (Å²) in [5.74, 6) is 0.233. The van der Waals surface area contributed by atoms with E-state index in [9.17, 15) is 10.2 Å². The molecule has 3 unspecified atom stereocenters. The van der Waals surface area contributed by atoms with E-state index >= 15 is 0 Å². The molecule has 24 heavy (non-hydrogen) atoms. The Bertz CT molecular complexity index is 446. The van der Waals surface area contributed by atoms with Crippen molar-refractivity contribution in [3.8, 4) is 0 Å². The first kappa shape index (κ1) is 21.1. The third kappa shape index (κ3) is 6.87. The Morgan fingerprint density at radius 1 is 1.21 bits per heavy atom. The van der Waals surface area contributed by atoms with E-state index in [4.69, 9.17) is 9.84 Å². The number of piperidine rings is 1. The topological polar surface area (TPSA) is 73.2 Å². The Kier molecular flexibility index (Phi) is 8.87. The molecule has 1 aromatic carbocycles. The summed E-state index contributed by atoms with van der Waals surface area (Å²) in [5.41, 5.74) is 0.423. The Morgan fingerprint density at radius 3 is 2.38 bits per heavy atom. The lowest BCUT2D eigenvalue weighted by molar-refractivity contribution is -0.132. The van der Waals surface area contributed by atoms with E-state index in [1.165, 1.54) is 5.56 Å². The van der Waals surface area contributed by atoms with Crippen LogP contribution in [0.5, 0.6) is 0 Å². The van der Waals surface area contributed by atoms with Gasteiger partial charge in [-0.1, -0.05) is 30.3 Å². The number of hydrogen-bond donors (Lipinski definition) is 3. The van der Waals surface area contributed by atoms with Gasteiger partial charge in [-0.05, 0) is 38.7 Å². The molecule has 138 valence electrons. The lowest BCUT2D eigenvalue weighted by Gasteiger charge is -2.39. The zero-order chi connectivity index (χ0) is 18.2. The lowest BCUT2D eigenvalue weighted by atomic mass is 9.95. The van der Waals surface area contributed by atoms with Gasteiger partial charge in [-0.15, -0.1) is 0 Å². The van der Waals surface area contributed by atoms with Crippen molar-refractivity contribution >= 4 is 0 Å². The highest BCUT2D eigenvalue weighted by Crippen LogP contribution is 2.24. The molecular formula is C19H33NO4. The van der Waals surface area contributed by atoms with Gasteiger partial charge in [0.05, 0.1) is 17.8 Å². The Hall–Kier alpha value is -0.980. The molecule has 3 N–H and O–H groups in total. The molecule has 1 aliphatic heterocycles. The molecule has 5 nitrogen and oxygen atoms in total. The molecular weight excluding hydrogens is 306 g/mol. The molecule has 0 aromatic heterocycles. The highest BCUT2D eigenvalue weighted by molar-refractivity contribution is 5.14. The van der Waals surface area contributed by atoms with Gasteiger partial charge in [-0.3, -0.25) is 4.90 Å². The van der Waals surface area contributed by atoms with Crippen LogP contribution in [0.2, 0.25) is 0 Å². The van der Waals surface area contributed by atoms with Crippen LogP contribution >= 0.6 is 0 Å². The zero-order valence-electron chi connectivity index (χ0n) is 15.4. The molecule has 1 fully saturated rings. The minimum atomic E-state index is -0.851. The summed E-state index contributed by atoms with van der Waals surface area (Å²) in [6, 6.07) is 10.4. The van der Waals surface area contributed by atoms with E-state index < -0.39 is 5.60 Å². The van der Waals surface area contributed by atoms with Crippen molar-refractivity contribution in [3.05, 3.63) is 35.9 Å². The van der Waals surface area contributed by atoms with Crippen LogP contribution in [-0.2, 0) is 11.3 Å². The Labute approximate surface area is 145 Å². The summed E-state index contributed by atoms with van der Waals surface area (Å²) in [6.07, 6.45) is 0.673. The number of aliphatic hydroxyl groups excluding tert-OH is 2. The van der Waals surface area contributed by atoms with Gasteiger partial charge >= 0.3 is 0 Å². The highest BCUT2D eigenvalue weighted by Gasteiger charge is 2.32. The molecule has 0 saturated carbocycles. The SMILES string of the molecule is CC(OC1CC(CO)CN(Cc2ccccc2)C1)C(C)(C)O.CO. The van der Waals surface area contributed by atoms with Crippen LogP contribution in [0.3, 0.4) is 0 Å². The van der Waals surface area contributed by atoms with E-state index in [1.54, 1.807) is 13.8 Å². The zero-order valence-corrected chi connectivity index (χ0v) is 15.4. The third-order valence-electron chi connectivity index (χ3n) is 4.47. The summed E-state index contributed by atoms with van der Waals surface area (Å²) in [4.78, 5) is 2.33. The van der Waals surface area contributed by atoms with E-state index in [0.29, 0.717) is 0 Å². The fourth-order valence-corrected chi connectivity index (χ4v) is 2.91. The van der Waals surface area contributed by atoms with Crippen molar-refractivity contribution in [3.63, 3.8) is 0 Å². The molecule has 0 aliphatic carbocycles. The summed E-state index contributed by atoms with van der Waals surface area (Å²) in [7, 11) is 1.00. The van der Waals surface area contributed by atoms with Crippen molar-refractivity contribution in [2.45, 2.75) is 51.5 Å². The van der Waals surface area contributed by atoms with Gasteiger partial charge in [0.15, 0.2) is 0 Å². The molecule has 2 rings (SSSR count). The molecule has 3 atom stereocenters. The van der Waals surface area contributed by atoms with Crippen molar-refractivity contribution < 1.29 is 20.1 Å². The number of rotatable bonds is 6. The Morgan fingerprint density at radius 2 is 1.83 bits per heavy atom. The van der Waals surface area contributed by atoms with Gasteiger partial charge in [0.2, 0.25) is 0 Å². The number of ether oxygens (including phenoxy) is 1. The molecule has 5 heteroatoms. The second-order valence-electron chi connectivity index (χ2n) is 7.02. The normalized spacial score (nSPS) is 23.3. The van der Waals surface area contributed by atoms with Crippen LogP contribution in [-0.4, -0.2) is 64.8 Å². The molecule has 0 bridgehead atoms. The molecule has 1 heterocycles. The van der Waals surface area contributed by atoms with E-state index in [-0.39, 0.29) is 24.7 Å². The van der Waals surface area contributed by atoms with E-state index in [0.717, 1.165) is 33.2 Å². The summed E-state index contributed by atoms with van der Waals surface area (Å²) < 4.78 is 6.05. The van der Waals surface area contributed by atoms with Gasteiger partial charge in [-0.2, -0.15) is 0 Å². The predicted molar refractivity (Wildman–Crippen MR) is 95.7 cm³/mol. The fraction of sp³-hybridized carbons (Fsp3) is 0.684. The summed E-state index contributed by atoms with van der Waals surface area (Å²) in [5, 5.41) is 26.6. The maximum absolute atomic E-state index is 10.1. The van der Waals surface area contributed by atoms with Crippen molar-refractivity contribution in [2.75, 3.05) is 26.8 Å². The maximum Gasteiger partial charge on any atom is 0.0849 e. The monoisotopic (exact) mass is 339 g/mol. The second-order valence-corrected chi connectivity index (χ2v) is 7.02. The lowest BCUT2D eigenvalue weighted by Crippen LogP contribution is -2.48. The molecule has 0 amide bonds. The van der Waals surface area contributed by atoms with Gasteiger partial charge in [0, 0.05) is 33.4 Å². The maximum atomic E-state index is 10.1. The highest BCUT2D eigenvalue weighted by atomic mass is 16.5. The molecule has 1 aliphatic rings. The van der Waals surface area contributed by atoms with Crippen molar-refractivity contribution in [1.82, 2.24) is 4.90 Å². The van der Waals surface area contributed by atoms with E-state index in [1.807, 2.05) is 25.1 Å². The summed E-state index contributed by atoms with van der Waals surface area (Å²) in [6.45, 7) is 8.23. The van der Waals surface area contributed by atoms with Crippen LogP contribution in [0.4, 0.5) is 0 Å². The number of nitrogens with zero attached hydrogens (tertiary/aromatic N) is 1. The van der Waals surface area contributed by atoms with Crippen molar-refractivity contribution in [2.24, 2.45) is 5.92 Å². The Balaban J connectivity index is 0.00000139. The van der Waals surface area contributed by atoms with Gasteiger partial charge < -0.3 is 20.1 Å². The molecule has 1 aromatic rings. The summed E-state index contributed by atoms with van der Waals surface area (Å²) >= 11 is 0. The third-order valence-corrected chi connectivity index (χ3v) is 4.47. The molecule has 0 radical (unpaired) electrons. The largest absolute Gasteiger partial charge is 0.400 e. The number of hydrogen-bond acceptors (Lipinski definition) is 5. The van der Waals surface area contributed by atoms with Crippen LogP contribution in [0, 0.1) is 5.92 Å². The number of likely N-dealkylation sites (tertiary alicyclic amines) is 1. The fourth-order valence-electron chi connectivity index (χ4n) is 2.91. The quantitative estimate of drug-likeness (QED) is 0.735. The average Bonchev–Trinajstić information content (AvgIpc) is 2.56. The van der Waals surface area contributed by atoms with Gasteiger partial charge in [0.1, 0.15) is 0 Å². The van der Waals surface area contributed by atoms with Gasteiger partial charge in [0.25, 0.3) is 0 Å². The first-order chi connectivity index (χ1) is 11.4. The van der Waals surface area contributed by atoms with Crippen molar-refractivity contribution in [1.29, 1.82) is 0 Å². The van der Waals surface area contributed by atoms with Crippen LogP contribution < -0.4 is 0 Å². The standard InChI is InChI=1S/C18H29NO3.CH4O/c1-14(18(2,3)21)22-17-9-16(13-20)11-19(12-17)10-15-7-5-4-6-8-15;1-2/h4-8,14,16-17,20-21H,9-13H2,1-3H3;2H,1H3. The predicted octanol–water partition coefficient (Wildman–Crippen LogP) is 1.65. The minimum Gasteiger partial charge on any atom is -0.400 e. The average molecular weight is 339 g/mol. The first-order valence-electron chi connectivity index (χ1n) is 8.58. The van der Waals surface area contributed by atoms with Crippen LogP contribution in [0.15, 0.2) is 30.3 Å². The molecule has 0 spiro atoms. The molecule has 1 saturated heterocycles.